The highest BCUT2D eigenvalue weighted by atomic mass is 16.6. The zero-order valence-electron chi connectivity index (χ0n) is 16.5. The molecule has 1 aliphatic heterocycles. The maximum absolute atomic E-state index is 12.1. The summed E-state index contributed by atoms with van der Waals surface area (Å²) in [4.78, 5) is 27.3. The quantitative estimate of drug-likeness (QED) is 0.861. The van der Waals surface area contributed by atoms with Crippen molar-refractivity contribution in [1.29, 1.82) is 0 Å². The van der Waals surface area contributed by atoms with Gasteiger partial charge in [-0.25, -0.2) is 4.79 Å². The Kier molecular flexibility index (Phi) is 8.38. The largest absolute Gasteiger partial charge is 0.444 e. The fourth-order valence-corrected chi connectivity index (χ4v) is 2.44. The first-order chi connectivity index (χ1) is 12.3. The third kappa shape index (κ3) is 6.92. The molecule has 7 heteroatoms. The van der Waals surface area contributed by atoms with Gasteiger partial charge in [-0.1, -0.05) is 13.8 Å². The summed E-state index contributed by atoms with van der Waals surface area (Å²) in [7, 11) is 0. The van der Waals surface area contributed by atoms with Gasteiger partial charge in [0.25, 0.3) is 0 Å². The van der Waals surface area contributed by atoms with Crippen molar-refractivity contribution >= 4 is 23.4 Å². The van der Waals surface area contributed by atoms with E-state index in [9.17, 15) is 9.59 Å². The van der Waals surface area contributed by atoms with E-state index in [4.69, 9.17) is 10.5 Å². The molecule has 1 aliphatic rings. The molecule has 1 saturated heterocycles. The van der Waals surface area contributed by atoms with Gasteiger partial charge in [0, 0.05) is 37.6 Å². The average Bonchev–Trinajstić information content (AvgIpc) is 2.62. The van der Waals surface area contributed by atoms with Crippen molar-refractivity contribution in [2.24, 2.45) is 5.73 Å². The Hall–Kier alpha value is -2.28. The van der Waals surface area contributed by atoms with Crippen molar-refractivity contribution in [3.63, 3.8) is 0 Å². The predicted molar refractivity (Wildman–Crippen MR) is 105 cm³/mol. The molecule has 26 heavy (non-hydrogen) atoms. The van der Waals surface area contributed by atoms with Crippen molar-refractivity contribution in [1.82, 2.24) is 4.90 Å². The third-order valence-electron chi connectivity index (χ3n) is 3.63. The van der Waals surface area contributed by atoms with E-state index in [0.717, 1.165) is 24.5 Å². The molecule has 1 heterocycles. The lowest BCUT2D eigenvalue weighted by atomic mass is 10.2. The average molecular weight is 364 g/mol. The minimum atomic E-state index is -0.474. The lowest BCUT2D eigenvalue weighted by Gasteiger charge is -2.36. The third-order valence-corrected chi connectivity index (χ3v) is 3.63. The van der Waals surface area contributed by atoms with Crippen LogP contribution in [0.25, 0.3) is 0 Å². The number of amides is 2. The number of hydrogen-bond donors (Lipinski definition) is 2. The summed E-state index contributed by atoms with van der Waals surface area (Å²) in [5, 5.41) is 2.71. The Balaban J connectivity index is 0.00000163. The fraction of sp³-hybridized carbons (Fsp3) is 0.579. The van der Waals surface area contributed by atoms with Crippen molar-refractivity contribution in [2.45, 2.75) is 40.2 Å². The SMILES string of the molecule is CC.CC(C)(C)OC(=O)N1CCN(c2ccc(NC(=O)CN)cc2)CC1. The molecule has 2 rings (SSSR count). The van der Waals surface area contributed by atoms with E-state index in [2.05, 4.69) is 10.2 Å². The standard InChI is InChI=1S/C17H26N4O3.C2H6/c1-17(2,3)24-16(23)21-10-8-20(9-11-21)14-6-4-13(5-7-14)19-15(22)12-18;1-2/h4-7H,8-12,18H2,1-3H3,(H,19,22);1-2H3. The summed E-state index contributed by atoms with van der Waals surface area (Å²) in [6.07, 6.45) is -0.262. The number of nitrogens with one attached hydrogen (secondary N) is 1. The van der Waals surface area contributed by atoms with Crippen molar-refractivity contribution in [3.05, 3.63) is 24.3 Å². The minimum Gasteiger partial charge on any atom is -0.444 e. The van der Waals surface area contributed by atoms with Crippen LogP contribution in [-0.2, 0) is 9.53 Å². The Bertz CT molecular complexity index is 573. The molecule has 7 nitrogen and oxygen atoms in total. The minimum absolute atomic E-state index is 0.0334. The van der Waals surface area contributed by atoms with Gasteiger partial charge in [-0.15, -0.1) is 0 Å². The van der Waals surface area contributed by atoms with E-state index in [-0.39, 0.29) is 18.5 Å². The monoisotopic (exact) mass is 364 g/mol. The first kappa shape index (κ1) is 21.8. The fourth-order valence-electron chi connectivity index (χ4n) is 2.44. The molecule has 0 aliphatic carbocycles. The molecular formula is C19H32N4O3. The second-order valence-corrected chi connectivity index (χ2v) is 6.75. The normalized spacial score (nSPS) is 14.2. The van der Waals surface area contributed by atoms with Crippen LogP contribution in [0.4, 0.5) is 16.2 Å². The smallest absolute Gasteiger partial charge is 0.410 e. The second-order valence-electron chi connectivity index (χ2n) is 6.75. The first-order valence-electron chi connectivity index (χ1n) is 9.11. The number of hydrogen-bond acceptors (Lipinski definition) is 5. The van der Waals surface area contributed by atoms with Crippen LogP contribution in [0.15, 0.2) is 24.3 Å². The maximum atomic E-state index is 12.1. The van der Waals surface area contributed by atoms with Crippen molar-refractivity contribution in [3.8, 4) is 0 Å². The van der Waals surface area contributed by atoms with Gasteiger partial charge in [0.05, 0.1) is 6.54 Å². The van der Waals surface area contributed by atoms with Crippen LogP contribution in [0.2, 0.25) is 0 Å². The van der Waals surface area contributed by atoms with E-state index < -0.39 is 5.60 Å². The van der Waals surface area contributed by atoms with Gasteiger partial charge in [-0.2, -0.15) is 0 Å². The van der Waals surface area contributed by atoms with E-state index in [1.54, 1.807) is 4.90 Å². The van der Waals surface area contributed by atoms with Crippen LogP contribution in [0.3, 0.4) is 0 Å². The molecule has 0 unspecified atom stereocenters. The molecule has 0 aromatic heterocycles. The lowest BCUT2D eigenvalue weighted by molar-refractivity contribution is -0.114. The Labute approximate surface area is 156 Å². The molecule has 0 radical (unpaired) electrons. The van der Waals surface area contributed by atoms with Crippen LogP contribution in [-0.4, -0.2) is 55.2 Å². The zero-order valence-corrected chi connectivity index (χ0v) is 16.5. The topological polar surface area (TPSA) is 87.9 Å². The molecule has 1 fully saturated rings. The van der Waals surface area contributed by atoms with Gasteiger partial charge in [0.2, 0.25) is 5.91 Å². The highest BCUT2D eigenvalue weighted by Gasteiger charge is 2.25. The number of piperazine rings is 1. The molecule has 146 valence electrons. The number of nitrogens with zero attached hydrogens (tertiary/aromatic N) is 2. The Morgan fingerprint density at radius 3 is 2.08 bits per heavy atom. The molecular weight excluding hydrogens is 332 g/mol. The maximum Gasteiger partial charge on any atom is 0.410 e. The van der Waals surface area contributed by atoms with E-state index in [1.165, 1.54) is 0 Å². The zero-order chi connectivity index (χ0) is 19.7. The molecule has 2 amide bonds. The van der Waals surface area contributed by atoms with Gasteiger partial charge in [0.1, 0.15) is 5.60 Å². The molecule has 1 aromatic rings. The van der Waals surface area contributed by atoms with E-state index >= 15 is 0 Å². The molecule has 0 spiro atoms. The van der Waals surface area contributed by atoms with Crippen LogP contribution in [0.1, 0.15) is 34.6 Å². The Morgan fingerprint density at radius 2 is 1.62 bits per heavy atom. The van der Waals surface area contributed by atoms with Crippen LogP contribution < -0.4 is 16.0 Å². The molecule has 0 atom stereocenters. The van der Waals surface area contributed by atoms with E-state index in [0.29, 0.717) is 13.1 Å². The molecule has 1 aromatic carbocycles. The highest BCUT2D eigenvalue weighted by Crippen LogP contribution is 2.20. The van der Waals surface area contributed by atoms with Gasteiger partial charge in [-0.3, -0.25) is 4.79 Å². The summed E-state index contributed by atoms with van der Waals surface area (Å²) >= 11 is 0. The van der Waals surface area contributed by atoms with Gasteiger partial charge in [0.15, 0.2) is 0 Å². The predicted octanol–water partition coefficient (Wildman–Crippen LogP) is 2.67. The molecule has 0 bridgehead atoms. The van der Waals surface area contributed by atoms with Gasteiger partial charge in [-0.05, 0) is 45.0 Å². The summed E-state index contributed by atoms with van der Waals surface area (Å²) < 4.78 is 5.40. The van der Waals surface area contributed by atoms with Crippen LogP contribution in [0.5, 0.6) is 0 Å². The summed E-state index contributed by atoms with van der Waals surface area (Å²) in [6.45, 7) is 12.3. The lowest BCUT2D eigenvalue weighted by Crippen LogP contribution is -2.50. The second kappa shape index (κ2) is 10.0. The van der Waals surface area contributed by atoms with E-state index in [1.807, 2.05) is 58.9 Å². The van der Waals surface area contributed by atoms with Crippen molar-refractivity contribution < 1.29 is 14.3 Å². The Morgan fingerprint density at radius 1 is 1.08 bits per heavy atom. The van der Waals surface area contributed by atoms with Gasteiger partial charge < -0.3 is 25.6 Å². The number of rotatable bonds is 3. The van der Waals surface area contributed by atoms with Crippen molar-refractivity contribution in [2.75, 3.05) is 42.9 Å². The molecule has 3 N–H and O–H groups in total. The number of ether oxygens (including phenoxy) is 1. The first-order valence-corrected chi connectivity index (χ1v) is 9.11. The number of nitrogens with two attached hydrogens (primary N) is 1. The van der Waals surface area contributed by atoms with Gasteiger partial charge >= 0.3 is 6.09 Å². The number of benzene rings is 1. The van der Waals surface area contributed by atoms with Crippen LogP contribution in [0, 0.1) is 0 Å². The molecule has 0 saturated carbocycles. The summed E-state index contributed by atoms with van der Waals surface area (Å²) in [5.74, 6) is -0.214. The number of carbonyl (C=O) groups excluding carboxylic acids is 2. The number of anilines is 2. The number of carbonyl (C=O) groups is 2. The summed E-state index contributed by atoms with van der Waals surface area (Å²) in [6, 6.07) is 7.61. The highest BCUT2D eigenvalue weighted by molar-refractivity contribution is 5.92. The summed E-state index contributed by atoms with van der Waals surface area (Å²) in [5.41, 5.74) is 6.59. The van der Waals surface area contributed by atoms with Crippen LogP contribution >= 0.6 is 0 Å².